The van der Waals surface area contributed by atoms with Gasteiger partial charge in [0.25, 0.3) is 0 Å². The van der Waals surface area contributed by atoms with Crippen molar-refractivity contribution in [2.45, 2.75) is 59.2 Å². The molecule has 1 aromatic carbocycles. The lowest BCUT2D eigenvalue weighted by atomic mass is 9.65. The number of carbonyl (C=O) groups excluding carboxylic acids is 1. The molecule has 2 bridgehead atoms. The Balaban J connectivity index is 1.88. The van der Waals surface area contributed by atoms with Gasteiger partial charge in [-0.2, -0.15) is 13.2 Å². The predicted octanol–water partition coefficient (Wildman–Crippen LogP) is 4.89. The van der Waals surface area contributed by atoms with Crippen LogP contribution in [-0.2, 0) is 15.7 Å². The van der Waals surface area contributed by atoms with Crippen LogP contribution >= 0.6 is 0 Å². The maximum atomic E-state index is 13.0. The van der Waals surface area contributed by atoms with Crippen molar-refractivity contribution < 1.29 is 22.7 Å². The van der Waals surface area contributed by atoms with Crippen molar-refractivity contribution in [2.24, 2.45) is 15.9 Å². The van der Waals surface area contributed by atoms with E-state index in [0.29, 0.717) is 6.54 Å². The zero-order valence-electron chi connectivity index (χ0n) is 17.3. The van der Waals surface area contributed by atoms with Crippen molar-refractivity contribution >= 4 is 17.5 Å². The minimum Gasteiger partial charge on any atom is -0.460 e. The number of hydrogen-bond acceptors (Lipinski definition) is 4. The highest BCUT2D eigenvalue weighted by Gasteiger charge is 2.51. The van der Waals surface area contributed by atoms with Gasteiger partial charge in [-0.1, -0.05) is 26.8 Å². The van der Waals surface area contributed by atoms with Crippen molar-refractivity contribution in [1.82, 2.24) is 4.90 Å². The highest BCUT2D eigenvalue weighted by Crippen LogP contribution is 2.52. The summed E-state index contributed by atoms with van der Waals surface area (Å²) in [4.78, 5) is 14.6. The minimum atomic E-state index is -4.45. The summed E-state index contributed by atoms with van der Waals surface area (Å²) in [6.07, 6.45) is -1.52. The van der Waals surface area contributed by atoms with Crippen molar-refractivity contribution in [2.75, 3.05) is 18.6 Å². The fraction of sp³-hybridized carbons (Fsp3) is 0.619. The molecular weight excluding hydrogens is 383 g/mol. The Morgan fingerprint density at radius 3 is 2.69 bits per heavy atom. The molecule has 0 aromatic heterocycles. The van der Waals surface area contributed by atoms with Crippen molar-refractivity contribution in [1.29, 1.82) is 0 Å². The van der Waals surface area contributed by atoms with E-state index in [-0.39, 0.29) is 35.0 Å². The van der Waals surface area contributed by atoms with Gasteiger partial charge in [-0.15, -0.1) is 5.10 Å². The normalized spacial score (nSPS) is 26.4. The molecule has 8 heteroatoms. The fourth-order valence-electron chi connectivity index (χ4n) is 5.01. The number of nitrogens with one attached hydrogen (secondary N) is 1. The van der Waals surface area contributed by atoms with E-state index in [0.717, 1.165) is 31.4 Å². The van der Waals surface area contributed by atoms with Gasteiger partial charge in [0, 0.05) is 12.6 Å². The van der Waals surface area contributed by atoms with E-state index >= 15 is 0 Å². The molecule has 160 valence electrons. The number of nitrogens with zero attached hydrogens (tertiary/aromatic N) is 2. The van der Waals surface area contributed by atoms with E-state index in [2.05, 4.69) is 31.3 Å². The largest absolute Gasteiger partial charge is 0.460 e. The monoisotopic (exact) mass is 411 g/mol. The Hall–Kier alpha value is -2.25. The molecule has 2 aliphatic rings. The van der Waals surface area contributed by atoms with Crippen molar-refractivity contribution in [3.63, 3.8) is 0 Å². The third kappa shape index (κ3) is 4.85. The summed E-state index contributed by atoms with van der Waals surface area (Å²) in [5.74, 6) is -0.448. The summed E-state index contributed by atoms with van der Waals surface area (Å²) in [6, 6.07) is 4.90. The summed E-state index contributed by atoms with van der Waals surface area (Å²) in [6.45, 7) is 9.24. The lowest BCUT2D eigenvalue weighted by Gasteiger charge is -2.39. The van der Waals surface area contributed by atoms with Gasteiger partial charge in [-0.05, 0) is 55.2 Å². The third-order valence-corrected chi connectivity index (χ3v) is 5.63. The zero-order valence-corrected chi connectivity index (χ0v) is 17.3. The van der Waals surface area contributed by atoms with E-state index in [9.17, 15) is 18.0 Å². The second-order valence-corrected chi connectivity index (χ2v) is 9.19. The quantitative estimate of drug-likeness (QED) is 0.333. The van der Waals surface area contributed by atoms with Crippen LogP contribution in [0.5, 0.6) is 0 Å². The standard InChI is InChI=1S/C21H28F3N3O2/c1-5-29-18(28)17(26-25-15-8-6-7-14(9-15)21(22,23)24)27-13-20(4)11-16(27)10-19(2,3)12-20/h6-9,16,25H,5,10-13H2,1-4H3/b26-17+/t16-,20-/m0/s1. The number of halogens is 3. The molecule has 29 heavy (non-hydrogen) atoms. The van der Waals surface area contributed by atoms with Gasteiger partial charge in [0.15, 0.2) is 0 Å². The number of amidine groups is 1. The molecule has 1 saturated carbocycles. The van der Waals surface area contributed by atoms with E-state index in [4.69, 9.17) is 4.74 Å². The Labute approximate surface area is 169 Å². The maximum Gasteiger partial charge on any atom is 0.416 e. The average Bonchev–Trinajstić information content (AvgIpc) is 2.83. The van der Waals surface area contributed by atoms with Gasteiger partial charge in [-0.3, -0.25) is 5.43 Å². The second-order valence-electron chi connectivity index (χ2n) is 9.19. The first-order valence-electron chi connectivity index (χ1n) is 9.87. The van der Waals surface area contributed by atoms with Crippen LogP contribution < -0.4 is 5.43 Å². The van der Waals surface area contributed by atoms with Gasteiger partial charge in [0.05, 0.1) is 17.9 Å². The number of likely N-dealkylation sites (tertiary alicyclic amines) is 1. The summed E-state index contributed by atoms with van der Waals surface area (Å²) >= 11 is 0. The predicted molar refractivity (Wildman–Crippen MR) is 105 cm³/mol. The Morgan fingerprint density at radius 2 is 2.03 bits per heavy atom. The molecule has 3 rings (SSSR count). The molecule has 0 amide bonds. The lowest BCUT2D eigenvalue weighted by Crippen LogP contribution is -2.42. The molecule has 0 spiro atoms. The van der Waals surface area contributed by atoms with Crippen LogP contribution in [0.15, 0.2) is 29.4 Å². The number of benzene rings is 1. The van der Waals surface area contributed by atoms with Crippen molar-refractivity contribution in [3.8, 4) is 0 Å². The Kier molecular flexibility index (Phi) is 5.58. The number of rotatable bonds is 3. The van der Waals surface area contributed by atoms with Crippen LogP contribution in [0.4, 0.5) is 18.9 Å². The molecule has 1 N–H and O–H groups in total. The molecule has 1 saturated heterocycles. The van der Waals surface area contributed by atoms with Gasteiger partial charge in [-0.25, -0.2) is 4.79 Å². The third-order valence-electron chi connectivity index (χ3n) is 5.63. The SMILES string of the molecule is CCOC(=O)/C(=N\Nc1cccc(C(F)(F)F)c1)N1C[C@@]2(C)C[C@@H]1CC(C)(C)C2. The van der Waals surface area contributed by atoms with Crippen LogP contribution in [0.1, 0.15) is 52.5 Å². The van der Waals surface area contributed by atoms with Gasteiger partial charge in [0.1, 0.15) is 0 Å². The Morgan fingerprint density at radius 1 is 1.31 bits per heavy atom. The van der Waals surface area contributed by atoms with E-state index in [1.807, 2.05) is 4.90 Å². The smallest absolute Gasteiger partial charge is 0.416 e. The first-order chi connectivity index (χ1) is 13.4. The summed E-state index contributed by atoms with van der Waals surface area (Å²) < 4.78 is 44.1. The molecule has 5 nitrogen and oxygen atoms in total. The molecule has 0 radical (unpaired) electrons. The number of hydrazone groups is 1. The van der Waals surface area contributed by atoms with E-state index in [1.54, 1.807) is 6.92 Å². The lowest BCUT2D eigenvalue weighted by molar-refractivity contribution is -0.138. The highest BCUT2D eigenvalue weighted by molar-refractivity contribution is 6.35. The van der Waals surface area contributed by atoms with Gasteiger partial charge >= 0.3 is 12.1 Å². The minimum absolute atomic E-state index is 0.0654. The summed E-state index contributed by atoms with van der Waals surface area (Å²) in [5.41, 5.74) is 2.24. The number of anilines is 1. The van der Waals surface area contributed by atoms with E-state index < -0.39 is 17.7 Å². The maximum absolute atomic E-state index is 13.0. The van der Waals surface area contributed by atoms with Gasteiger partial charge in [0.2, 0.25) is 5.84 Å². The highest BCUT2D eigenvalue weighted by atomic mass is 19.4. The Bertz CT molecular complexity index is 807. The molecule has 1 aliphatic carbocycles. The average molecular weight is 411 g/mol. The fourth-order valence-corrected chi connectivity index (χ4v) is 5.01. The number of ether oxygens (including phenoxy) is 1. The molecular formula is C21H28F3N3O2. The molecule has 1 aromatic rings. The molecule has 1 heterocycles. The van der Waals surface area contributed by atoms with Crippen LogP contribution in [0.25, 0.3) is 0 Å². The topological polar surface area (TPSA) is 53.9 Å². The van der Waals surface area contributed by atoms with Crippen LogP contribution in [0, 0.1) is 10.8 Å². The number of carbonyl (C=O) groups is 1. The van der Waals surface area contributed by atoms with Crippen LogP contribution in [-0.4, -0.2) is 35.9 Å². The number of fused-ring (bicyclic) bond motifs is 2. The zero-order chi connectivity index (χ0) is 21.4. The molecule has 1 aliphatic heterocycles. The van der Waals surface area contributed by atoms with Crippen LogP contribution in [0.3, 0.4) is 0 Å². The second kappa shape index (κ2) is 7.54. The van der Waals surface area contributed by atoms with Crippen LogP contribution in [0.2, 0.25) is 0 Å². The molecule has 0 unspecified atom stereocenters. The number of hydrogen-bond donors (Lipinski definition) is 1. The first-order valence-corrected chi connectivity index (χ1v) is 9.87. The summed E-state index contributed by atoms with van der Waals surface area (Å²) in [7, 11) is 0. The number of alkyl halides is 3. The number of esters is 1. The van der Waals surface area contributed by atoms with E-state index in [1.165, 1.54) is 12.1 Å². The first kappa shape index (κ1) is 21.5. The molecule has 2 fully saturated rings. The summed E-state index contributed by atoms with van der Waals surface area (Å²) in [5, 5.41) is 4.21. The van der Waals surface area contributed by atoms with Gasteiger partial charge < -0.3 is 9.64 Å². The van der Waals surface area contributed by atoms with Crippen molar-refractivity contribution in [3.05, 3.63) is 29.8 Å². The molecule has 2 atom stereocenters.